The van der Waals surface area contributed by atoms with Gasteiger partial charge in [0.15, 0.2) is 5.78 Å². The Morgan fingerprint density at radius 2 is 2.17 bits per heavy atom. The fourth-order valence-electron chi connectivity index (χ4n) is 1.20. The molecule has 0 aliphatic heterocycles. The Hall–Kier alpha value is -0.380. The fraction of sp³-hybridized carbons (Fsp3) is 0.300. The van der Waals surface area contributed by atoms with Gasteiger partial charge in [-0.3, -0.25) is 4.79 Å². The van der Waals surface area contributed by atoms with Crippen LogP contribution in [0.25, 0.3) is 0 Å². The predicted octanol–water partition coefficient (Wildman–Crippen LogP) is 3.06. The van der Waals surface area contributed by atoms with Gasteiger partial charge in [0, 0.05) is 9.13 Å². The Labute approximate surface area is 86.3 Å². The third-order valence-corrected chi connectivity index (χ3v) is 2.50. The molecule has 12 heavy (non-hydrogen) atoms. The summed E-state index contributed by atoms with van der Waals surface area (Å²) in [6, 6.07) is 5.94. The molecule has 0 bridgehead atoms. The lowest BCUT2D eigenvalue weighted by Gasteiger charge is -2.03. The van der Waals surface area contributed by atoms with Crippen LogP contribution in [0, 0.1) is 3.57 Å². The number of hydrogen-bond acceptors (Lipinski definition) is 1. The van der Waals surface area contributed by atoms with Crippen molar-refractivity contribution in [3.63, 3.8) is 0 Å². The largest absolute Gasteiger partial charge is 0.295 e. The van der Waals surface area contributed by atoms with E-state index in [1.54, 1.807) is 6.92 Å². The molecule has 64 valence electrons. The van der Waals surface area contributed by atoms with E-state index in [0.717, 1.165) is 17.5 Å². The van der Waals surface area contributed by atoms with E-state index >= 15 is 0 Å². The number of rotatable bonds is 2. The fourth-order valence-corrected chi connectivity index (χ4v) is 1.75. The van der Waals surface area contributed by atoms with Gasteiger partial charge in [0.2, 0.25) is 0 Å². The first-order valence-electron chi connectivity index (χ1n) is 3.94. The Morgan fingerprint density at radius 1 is 1.50 bits per heavy atom. The highest BCUT2D eigenvalue weighted by Crippen LogP contribution is 2.14. The Kier molecular flexibility index (Phi) is 3.26. The van der Waals surface area contributed by atoms with E-state index in [9.17, 15) is 4.79 Å². The predicted molar refractivity (Wildman–Crippen MR) is 58.5 cm³/mol. The van der Waals surface area contributed by atoms with Crippen LogP contribution in [0.2, 0.25) is 0 Å². The highest BCUT2D eigenvalue weighted by molar-refractivity contribution is 14.1. The molecule has 0 N–H and O–H groups in total. The third kappa shape index (κ3) is 2.06. The Morgan fingerprint density at radius 3 is 2.67 bits per heavy atom. The molecule has 0 heterocycles. The van der Waals surface area contributed by atoms with Gasteiger partial charge in [-0.05, 0) is 53.6 Å². The maximum atomic E-state index is 11.1. The van der Waals surface area contributed by atoms with E-state index in [4.69, 9.17) is 0 Å². The van der Waals surface area contributed by atoms with Crippen LogP contribution in [0.5, 0.6) is 0 Å². The average molecular weight is 274 g/mol. The van der Waals surface area contributed by atoms with Crippen LogP contribution in [0.3, 0.4) is 0 Å². The molecule has 0 spiro atoms. The van der Waals surface area contributed by atoms with Crippen molar-refractivity contribution in [2.75, 3.05) is 0 Å². The van der Waals surface area contributed by atoms with Crippen LogP contribution in [-0.2, 0) is 6.42 Å². The van der Waals surface area contributed by atoms with Crippen LogP contribution in [0.15, 0.2) is 18.2 Å². The maximum absolute atomic E-state index is 11.1. The van der Waals surface area contributed by atoms with Crippen LogP contribution in [0.1, 0.15) is 29.8 Å². The summed E-state index contributed by atoms with van der Waals surface area (Å²) in [5.74, 6) is 0.156. The molecule has 0 aromatic heterocycles. The summed E-state index contributed by atoms with van der Waals surface area (Å²) in [5.41, 5.74) is 2.01. The summed E-state index contributed by atoms with van der Waals surface area (Å²) in [5, 5.41) is 0. The van der Waals surface area contributed by atoms with E-state index in [0.29, 0.717) is 0 Å². The van der Waals surface area contributed by atoms with Gasteiger partial charge in [-0.15, -0.1) is 0 Å². The van der Waals surface area contributed by atoms with E-state index in [2.05, 4.69) is 35.6 Å². The number of aryl methyl sites for hydroxylation is 1. The monoisotopic (exact) mass is 274 g/mol. The van der Waals surface area contributed by atoms with Gasteiger partial charge in [0.1, 0.15) is 0 Å². The molecule has 0 fully saturated rings. The van der Waals surface area contributed by atoms with Crippen molar-refractivity contribution in [2.24, 2.45) is 0 Å². The second kappa shape index (κ2) is 4.03. The smallest absolute Gasteiger partial charge is 0.160 e. The van der Waals surface area contributed by atoms with Crippen LogP contribution in [0.4, 0.5) is 0 Å². The molecule has 0 saturated heterocycles. The topological polar surface area (TPSA) is 17.1 Å². The summed E-state index contributed by atoms with van der Waals surface area (Å²) in [7, 11) is 0. The molecule has 1 rings (SSSR count). The first-order valence-corrected chi connectivity index (χ1v) is 5.02. The highest BCUT2D eigenvalue weighted by Gasteiger charge is 2.04. The lowest BCUT2D eigenvalue weighted by atomic mass is 10.0. The van der Waals surface area contributed by atoms with Crippen LogP contribution < -0.4 is 0 Å². The molecule has 0 aliphatic carbocycles. The molecular formula is C10H11IO. The molecule has 0 radical (unpaired) electrons. The van der Waals surface area contributed by atoms with E-state index in [1.165, 1.54) is 3.57 Å². The van der Waals surface area contributed by atoms with Gasteiger partial charge in [0.05, 0.1) is 0 Å². The quantitative estimate of drug-likeness (QED) is 0.598. The van der Waals surface area contributed by atoms with Crippen molar-refractivity contribution in [3.05, 3.63) is 32.9 Å². The van der Waals surface area contributed by atoms with Crippen LogP contribution >= 0.6 is 22.6 Å². The number of carbonyl (C=O) groups excluding carboxylic acids is 1. The molecule has 0 atom stereocenters. The van der Waals surface area contributed by atoms with E-state index in [1.807, 2.05) is 12.1 Å². The molecular weight excluding hydrogens is 263 g/mol. The van der Waals surface area contributed by atoms with Crippen molar-refractivity contribution < 1.29 is 4.79 Å². The minimum atomic E-state index is 0.156. The van der Waals surface area contributed by atoms with Crippen molar-refractivity contribution in [2.45, 2.75) is 20.3 Å². The van der Waals surface area contributed by atoms with Crippen molar-refractivity contribution in [1.82, 2.24) is 0 Å². The molecule has 1 aromatic rings. The normalized spacial score (nSPS) is 9.92. The zero-order valence-corrected chi connectivity index (χ0v) is 9.38. The second-order valence-corrected chi connectivity index (χ2v) is 3.96. The molecule has 0 unspecified atom stereocenters. The molecule has 1 aromatic carbocycles. The highest BCUT2D eigenvalue weighted by atomic mass is 127. The van der Waals surface area contributed by atoms with E-state index in [-0.39, 0.29) is 5.78 Å². The summed E-state index contributed by atoms with van der Waals surface area (Å²) in [6.45, 7) is 3.68. The van der Waals surface area contributed by atoms with Gasteiger partial charge in [-0.1, -0.05) is 13.0 Å². The van der Waals surface area contributed by atoms with Crippen molar-refractivity contribution in [1.29, 1.82) is 0 Å². The summed E-state index contributed by atoms with van der Waals surface area (Å²) >= 11 is 2.26. The Balaban J connectivity index is 3.20. The maximum Gasteiger partial charge on any atom is 0.160 e. The SMILES string of the molecule is CCc1cc(I)ccc1C(C)=O. The van der Waals surface area contributed by atoms with Crippen molar-refractivity contribution >= 4 is 28.4 Å². The van der Waals surface area contributed by atoms with E-state index < -0.39 is 0 Å². The number of Topliss-reactive ketones (excluding diaryl/α,β-unsaturated/α-hetero) is 1. The molecule has 0 saturated carbocycles. The first kappa shape index (κ1) is 9.71. The number of halogens is 1. The minimum absolute atomic E-state index is 0.156. The van der Waals surface area contributed by atoms with Gasteiger partial charge in [0.25, 0.3) is 0 Å². The van der Waals surface area contributed by atoms with Crippen LogP contribution in [-0.4, -0.2) is 5.78 Å². The molecule has 0 aliphatic rings. The lowest BCUT2D eigenvalue weighted by molar-refractivity contribution is 0.101. The van der Waals surface area contributed by atoms with Crippen molar-refractivity contribution in [3.8, 4) is 0 Å². The summed E-state index contributed by atoms with van der Waals surface area (Å²) in [6.07, 6.45) is 0.922. The zero-order chi connectivity index (χ0) is 9.14. The third-order valence-electron chi connectivity index (χ3n) is 1.83. The zero-order valence-electron chi connectivity index (χ0n) is 7.23. The average Bonchev–Trinajstić information content (AvgIpc) is 2.03. The molecule has 1 nitrogen and oxygen atoms in total. The summed E-state index contributed by atoms with van der Waals surface area (Å²) < 4.78 is 1.19. The van der Waals surface area contributed by atoms with Gasteiger partial charge in [-0.2, -0.15) is 0 Å². The number of benzene rings is 1. The first-order chi connectivity index (χ1) is 5.65. The second-order valence-electron chi connectivity index (χ2n) is 2.71. The van der Waals surface area contributed by atoms with Gasteiger partial charge < -0.3 is 0 Å². The standard InChI is InChI=1S/C10H11IO/c1-3-8-6-9(11)4-5-10(8)7(2)12/h4-6H,3H2,1-2H3. The minimum Gasteiger partial charge on any atom is -0.295 e. The van der Waals surface area contributed by atoms with Gasteiger partial charge >= 0.3 is 0 Å². The molecule has 2 heteroatoms. The number of hydrogen-bond donors (Lipinski definition) is 0. The number of ketones is 1. The summed E-state index contributed by atoms with van der Waals surface area (Å²) in [4.78, 5) is 11.1. The molecule has 0 amide bonds. The lowest BCUT2D eigenvalue weighted by Crippen LogP contribution is -1.98. The Bertz CT molecular complexity index is 305. The van der Waals surface area contributed by atoms with Gasteiger partial charge in [-0.25, -0.2) is 0 Å². The number of carbonyl (C=O) groups is 1.